The molecule has 0 aliphatic rings. The monoisotopic (exact) mass is 246 g/mol. The van der Waals surface area contributed by atoms with Crippen LogP contribution < -0.4 is 4.74 Å². The molecular formula is C12H13F3O2. The van der Waals surface area contributed by atoms with Gasteiger partial charge in [-0.05, 0) is 25.5 Å². The van der Waals surface area contributed by atoms with Crippen molar-refractivity contribution in [2.75, 3.05) is 7.11 Å². The zero-order valence-corrected chi connectivity index (χ0v) is 9.81. The van der Waals surface area contributed by atoms with Crippen LogP contribution in [0.25, 0.3) is 0 Å². The van der Waals surface area contributed by atoms with Crippen molar-refractivity contribution >= 4 is 5.78 Å². The zero-order chi connectivity index (χ0) is 13.2. The van der Waals surface area contributed by atoms with Crippen LogP contribution in [0, 0.1) is 0 Å². The lowest BCUT2D eigenvalue weighted by Crippen LogP contribution is -2.14. The van der Waals surface area contributed by atoms with Gasteiger partial charge in [0.25, 0.3) is 0 Å². The third kappa shape index (κ3) is 2.60. The lowest BCUT2D eigenvalue weighted by molar-refractivity contribution is -0.138. The Kier molecular flexibility index (Phi) is 3.80. The fraction of sp³-hybridized carbons (Fsp3) is 0.417. The van der Waals surface area contributed by atoms with Crippen LogP contribution in [0.1, 0.15) is 35.3 Å². The largest absolute Gasteiger partial charge is 0.496 e. The number of ketones is 1. The molecule has 17 heavy (non-hydrogen) atoms. The SMILES string of the molecule is CCc1c(OC)ccc(C(F)(F)F)c1C(C)=O. The highest BCUT2D eigenvalue weighted by Crippen LogP contribution is 2.37. The van der Waals surface area contributed by atoms with E-state index in [4.69, 9.17) is 4.74 Å². The van der Waals surface area contributed by atoms with Crippen LogP contribution in [0.2, 0.25) is 0 Å². The smallest absolute Gasteiger partial charge is 0.417 e. The molecule has 0 aliphatic heterocycles. The Labute approximate surface area is 97.4 Å². The average molecular weight is 246 g/mol. The van der Waals surface area contributed by atoms with Gasteiger partial charge in [-0.3, -0.25) is 4.79 Å². The number of rotatable bonds is 3. The number of carbonyl (C=O) groups is 1. The highest BCUT2D eigenvalue weighted by Gasteiger charge is 2.36. The van der Waals surface area contributed by atoms with E-state index in [-0.39, 0.29) is 5.56 Å². The lowest BCUT2D eigenvalue weighted by atomic mass is 9.95. The Morgan fingerprint density at radius 3 is 2.29 bits per heavy atom. The topological polar surface area (TPSA) is 26.3 Å². The minimum Gasteiger partial charge on any atom is -0.496 e. The van der Waals surface area contributed by atoms with Crippen molar-refractivity contribution in [2.45, 2.75) is 26.4 Å². The Bertz CT molecular complexity index is 436. The molecule has 0 unspecified atom stereocenters. The van der Waals surface area contributed by atoms with Gasteiger partial charge in [0.1, 0.15) is 5.75 Å². The molecule has 0 atom stereocenters. The summed E-state index contributed by atoms with van der Waals surface area (Å²) in [6.07, 6.45) is -4.22. The molecule has 0 N–H and O–H groups in total. The number of Topliss-reactive ketones (excluding diaryl/α,β-unsaturated/α-hetero) is 1. The molecule has 0 radical (unpaired) electrons. The first-order valence-corrected chi connectivity index (χ1v) is 5.10. The standard InChI is InChI=1S/C12H13F3O2/c1-4-8-10(17-3)6-5-9(12(13,14)15)11(8)7(2)16/h5-6H,4H2,1-3H3. The first-order valence-electron chi connectivity index (χ1n) is 5.10. The molecule has 0 bridgehead atoms. The van der Waals surface area contributed by atoms with E-state index >= 15 is 0 Å². The normalized spacial score (nSPS) is 11.4. The number of alkyl halides is 3. The van der Waals surface area contributed by atoms with Crippen LogP contribution in [0.5, 0.6) is 5.75 Å². The van der Waals surface area contributed by atoms with Gasteiger partial charge in [-0.15, -0.1) is 0 Å². The fourth-order valence-corrected chi connectivity index (χ4v) is 1.81. The minimum absolute atomic E-state index is 0.292. The maximum atomic E-state index is 12.8. The van der Waals surface area contributed by atoms with Gasteiger partial charge in [-0.1, -0.05) is 6.92 Å². The Morgan fingerprint density at radius 1 is 1.35 bits per heavy atom. The molecule has 1 rings (SSSR count). The first-order chi connectivity index (χ1) is 7.82. The molecule has 2 nitrogen and oxygen atoms in total. The summed E-state index contributed by atoms with van der Waals surface area (Å²) in [4.78, 5) is 11.4. The first kappa shape index (κ1) is 13.5. The van der Waals surface area contributed by atoms with E-state index < -0.39 is 17.5 Å². The summed E-state index contributed by atoms with van der Waals surface area (Å²) < 4.78 is 43.3. The second-order valence-corrected chi connectivity index (χ2v) is 3.58. The van der Waals surface area contributed by atoms with Gasteiger partial charge in [0, 0.05) is 11.1 Å². The van der Waals surface area contributed by atoms with Gasteiger partial charge in [0.15, 0.2) is 5.78 Å². The van der Waals surface area contributed by atoms with Gasteiger partial charge in [-0.2, -0.15) is 13.2 Å². The molecular weight excluding hydrogens is 233 g/mol. The molecule has 1 aromatic rings. The van der Waals surface area contributed by atoms with Crippen LogP contribution >= 0.6 is 0 Å². The Balaban J connectivity index is 3.59. The number of hydrogen-bond acceptors (Lipinski definition) is 2. The number of methoxy groups -OCH3 is 1. The second kappa shape index (κ2) is 4.77. The number of hydrogen-bond donors (Lipinski definition) is 0. The van der Waals surface area contributed by atoms with E-state index in [0.29, 0.717) is 17.7 Å². The lowest BCUT2D eigenvalue weighted by Gasteiger charge is -2.17. The van der Waals surface area contributed by atoms with E-state index in [0.717, 1.165) is 13.0 Å². The number of carbonyl (C=O) groups excluding carboxylic acids is 1. The molecule has 0 saturated carbocycles. The quantitative estimate of drug-likeness (QED) is 0.763. The van der Waals surface area contributed by atoms with Crippen LogP contribution in [-0.4, -0.2) is 12.9 Å². The summed E-state index contributed by atoms with van der Waals surface area (Å²) in [7, 11) is 1.37. The van der Waals surface area contributed by atoms with Crippen molar-refractivity contribution in [1.29, 1.82) is 0 Å². The Hall–Kier alpha value is -1.52. The molecule has 0 spiro atoms. The molecule has 94 valence electrons. The molecule has 0 amide bonds. The zero-order valence-electron chi connectivity index (χ0n) is 9.81. The van der Waals surface area contributed by atoms with Crippen molar-refractivity contribution in [2.24, 2.45) is 0 Å². The molecule has 1 aromatic carbocycles. The van der Waals surface area contributed by atoms with Crippen molar-refractivity contribution in [3.05, 3.63) is 28.8 Å². The van der Waals surface area contributed by atoms with Crippen molar-refractivity contribution in [3.8, 4) is 5.75 Å². The number of halogens is 3. The third-order valence-electron chi connectivity index (χ3n) is 2.50. The van der Waals surface area contributed by atoms with Gasteiger partial charge in [0.05, 0.1) is 12.7 Å². The van der Waals surface area contributed by atoms with Crippen LogP contribution in [0.4, 0.5) is 13.2 Å². The maximum absolute atomic E-state index is 12.8. The molecule has 0 saturated heterocycles. The molecule has 0 aromatic heterocycles. The van der Waals surface area contributed by atoms with E-state index in [9.17, 15) is 18.0 Å². The van der Waals surface area contributed by atoms with Gasteiger partial charge < -0.3 is 4.74 Å². The summed E-state index contributed by atoms with van der Waals surface area (Å²) >= 11 is 0. The number of ether oxygens (including phenoxy) is 1. The van der Waals surface area contributed by atoms with E-state index in [2.05, 4.69) is 0 Å². The number of benzene rings is 1. The molecule has 0 heterocycles. The summed E-state index contributed by atoms with van der Waals surface area (Å²) in [5.74, 6) is -0.293. The summed E-state index contributed by atoms with van der Waals surface area (Å²) in [6.45, 7) is 2.81. The summed E-state index contributed by atoms with van der Waals surface area (Å²) in [6, 6.07) is 2.13. The van der Waals surface area contributed by atoms with Gasteiger partial charge in [-0.25, -0.2) is 0 Å². The summed E-state index contributed by atoms with van der Waals surface area (Å²) in [5, 5.41) is 0. The molecule has 5 heteroatoms. The average Bonchev–Trinajstić information content (AvgIpc) is 2.25. The fourth-order valence-electron chi connectivity index (χ4n) is 1.81. The van der Waals surface area contributed by atoms with E-state index in [1.165, 1.54) is 13.2 Å². The third-order valence-corrected chi connectivity index (χ3v) is 2.50. The van der Waals surface area contributed by atoms with Crippen molar-refractivity contribution < 1.29 is 22.7 Å². The second-order valence-electron chi connectivity index (χ2n) is 3.58. The van der Waals surface area contributed by atoms with Crippen molar-refractivity contribution in [1.82, 2.24) is 0 Å². The van der Waals surface area contributed by atoms with Gasteiger partial charge in [0.2, 0.25) is 0 Å². The Morgan fingerprint density at radius 2 is 1.94 bits per heavy atom. The predicted octanol–water partition coefficient (Wildman–Crippen LogP) is 3.48. The van der Waals surface area contributed by atoms with Gasteiger partial charge >= 0.3 is 6.18 Å². The van der Waals surface area contributed by atoms with E-state index in [1.54, 1.807) is 6.92 Å². The van der Waals surface area contributed by atoms with Crippen molar-refractivity contribution in [3.63, 3.8) is 0 Å². The van der Waals surface area contributed by atoms with Crippen LogP contribution in [-0.2, 0) is 12.6 Å². The minimum atomic E-state index is -4.53. The van der Waals surface area contributed by atoms with E-state index in [1.807, 2.05) is 0 Å². The predicted molar refractivity (Wildman–Crippen MR) is 57.4 cm³/mol. The highest BCUT2D eigenvalue weighted by atomic mass is 19.4. The molecule has 0 fully saturated rings. The van der Waals surface area contributed by atoms with Crippen LogP contribution in [0.3, 0.4) is 0 Å². The van der Waals surface area contributed by atoms with Crippen LogP contribution in [0.15, 0.2) is 12.1 Å². The maximum Gasteiger partial charge on any atom is 0.417 e. The molecule has 0 aliphatic carbocycles. The highest BCUT2D eigenvalue weighted by molar-refractivity contribution is 5.98. The summed E-state index contributed by atoms with van der Waals surface area (Å²) in [5.41, 5.74) is -0.892.